The van der Waals surface area contributed by atoms with Crippen molar-refractivity contribution in [3.05, 3.63) is 53.5 Å². The Bertz CT molecular complexity index is 813. The van der Waals surface area contributed by atoms with Crippen LogP contribution in [-0.4, -0.2) is 19.1 Å². The van der Waals surface area contributed by atoms with Crippen molar-refractivity contribution in [3.63, 3.8) is 0 Å². The third kappa shape index (κ3) is 4.01. The molecule has 23 heavy (non-hydrogen) atoms. The summed E-state index contributed by atoms with van der Waals surface area (Å²) in [5.41, 5.74) is 1.91. The Balaban J connectivity index is 2.18. The minimum atomic E-state index is -3.28. The summed E-state index contributed by atoms with van der Waals surface area (Å²) in [5, 5.41) is 2.72. The van der Waals surface area contributed by atoms with Crippen molar-refractivity contribution in [1.82, 2.24) is 0 Å². The summed E-state index contributed by atoms with van der Waals surface area (Å²) < 4.78 is 28.9. The summed E-state index contributed by atoms with van der Waals surface area (Å²) in [5.74, 6) is -0.180. The molecule has 0 spiro atoms. The van der Waals surface area contributed by atoms with Crippen LogP contribution in [0.5, 0.6) is 0 Å². The number of rotatable bonds is 4. The molecule has 5 nitrogen and oxygen atoms in total. The van der Waals surface area contributed by atoms with Crippen molar-refractivity contribution >= 4 is 21.4 Å². The molecule has 1 N–H and O–H groups in total. The van der Waals surface area contributed by atoms with Gasteiger partial charge in [0.25, 0.3) is 5.91 Å². The molecule has 0 radical (unpaired) electrons. The minimum Gasteiger partial charge on any atom is -0.459 e. The van der Waals surface area contributed by atoms with Crippen LogP contribution in [0.25, 0.3) is 0 Å². The molecule has 1 aromatic carbocycles. The van der Waals surface area contributed by atoms with E-state index in [1.54, 1.807) is 58.0 Å². The van der Waals surface area contributed by atoms with Gasteiger partial charge < -0.3 is 9.73 Å². The number of anilines is 1. The second-order valence-corrected chi connectivity index (χ2v) is 9.20. The van der Waals surface area contributed by atoms with Gasteiger partial charge in [0, 0.05) is 11.3 Å². The monoisotopic (exact) mass is 335 g/mol. The average Bonchev–Trinajstić information content (AvgIpc) is 2.83. The molecule has 0 aliphatic rings. The Morgan fingerprint density at radius 1 is 1.22 bits per heavy atom. The van der Waals surface area contributed by atoms with E-state index < -0.39 is 14.6 Å². The van der Waals surface area contributed by atoms with Crippen LogP contribution in [0.1, 0.15) is 42.5 Å². The van der Waals surface area contributed by atoms with Crippen molar-refractivity contribution in [3.8, 4) is 0 Å². The number of sulfone groups is 1. The number of carbonyl (C=O) groups is 1. The standard InChI is InChI=1S/C17H21NO4S/c1-12-8-9-22-15(12)16(19)18-14-7-5-6-13(10-14)11-23(20,21)17(2,3)4/h5-10H,11H2,1-4H3,(H,18,19). The maximum absolute atomic E-state index is 12.3. The van der Waals surface area contributed by atoms with Crippen molar-refractivity contribution in [2.24, 2.45) is 0 Å². The van der Waals surface area contributed by atoms with E-state index in [9.17, 15) is 13.2 Å². The first kappa shape index (κ1) is 17.3. The predicted molar refractivity (Wildman–Crippen MR) is 90.2 cm³/mol. The van der Waals surface area contributed by atoms with E-state index in [2.05, 4.69) is 5.32 Å². The van der Waals surface area contributed by atoms with Crippen LogP contribution in [0, 0.1) is 6.92 Å². The van der Waals surface area contributed by atoms with Gasteiger partial charge in [0.05, 0.1) is 16.8 Å². The van der Waals surface area contributed by atoms with Crippen molar-refractivity contribution in [2.75, 3.05) is 5.32 Å². The van der Waals surface area contributed by atoms with Gasteiger partial charge in [-0.15, -0.1) is 0 Å². The Labute approximate surface area is 136 Å². The van der Waals surface area contributed by atoms with Gasteiger partial charge in [-0.3, -0.25) is 4.79 Å². The first-order valence-electron chi connectivity index (χ1n) is 7.27. The van der Waals surface area contributed by atoms with E-state index in [-0.39, 0.29) is 17.4 Å². The number of amides is 1. The molecule has 0 saturated heterocycles. The Morgan fingerprint density at radius 3 is 2.48 bits per heavy atom. The first-order chi connectivity index (χ1) is 10.6. The highest BCUT2D eigenvalue weighted by Gasteiger charge is 2.29. The second-order valence-electron chi connectivity index (χ2n) is 6.46. The summed E-state index contributed by atoms with van der Waals surface area (Å²) in [6.45, 7) is 6.81. The van der Waals surface area contributed by atoms with Crippen molar-refractivity contribution in [2.45, 2.75) is 38.2 Å². The van der Waals surface area contributed by atoms with Gasteiger partial charge in [-0.25, -0.2) is 8.42 Å². The molecular weight excluding hydrogens is 314 g/mol. The molecule has 0 saturated carbocycles. The van der Waals surface area contributed by atoms with Gasteiger partial charge in [-0.05, 0) is 51.5 Å². The number of carbonyl (C=O) groups excluding carboxylic acids is 1. The van der Waals surface area contributed by atoms with Crippen molar-refractivity contribution in [1.29, 1.82) is 0 Å². The Kier molecular flexibility index (Phi) is 4.66. The average molecular weight is 335 g/mol. The zero-order chi connectivity index (χ0) is 17.3. The molecule has 124 valence electrons. The van der Waals surface area contributed by atoms with E-state index in [1.807, 2.05) is 0 Å². The van der Waals surface area contributed by atoms with Crippen LogP contribution in [0.4, 0.5) is 5.69 Å². The number of aryl methyl sites for hydroxylation is 1. The number of benzene rings is 1. The highest BCUT2D eigenvalue weighted by atomic mass is 32.2. The molecule has 0 bridgehead atoms. The molecule has 1 amide bonds. The largest absolute Gasteiger partial charge is 0.459 e. The van der Waals surface area contributed by atoms with Crippen LogP contribution >= 0.6 is 0 Å². The van der Waals surface area contributed by atoms with E-state index in [0.717, 1.165) is 5.56 Å². The number of hydrogen-bond donors (Lipinski definition) is 1. The summed E-state index contributed by atoms with van der Waals surface area (Å²) in [7, 11) is -3.28. The molecular formula is C17H21NO4S. The molecule has 6 heteroatoms. The third-order valence-electron chi connectivity index (χ3n) is 3.54. The first-order valence-corrected chi connectivity index (χ1v) is 8.92. The van der Waals surface area contributed by atoms with Gasteiger partial charge in [0.2, 0.25) is 0 Å². The van der Waals surface area contributed by atoms with Crippen LogP contribution in [0.3, 0.4) is 0 Å². The molecule has 0 unspecified atom stereocenters. The van der Waals surface area contributed by atoms with Crippen LogP contribution in [-0.2, 0) is 15.6 Å². The number of hydrogen-bond acceptors (Lipinski definition) is 4. The van der Waals surface area contributed by atoms with Crippen molar-refractivity contribution < 1.29 is 17.6 Å². The minimum absolute atomic E-state index is 0.0695. The zero-order valence-corrected chi connectivity index (χ0v) is 14.5. The molecule has 0 atom stereocenters. The van der Waals surface area contributed by atoms with E-state index >= 15 is 0 Å². The number of furan rings is 1. The van der Waals surface area contributed by atoms with E-state index in [4.69, 9.17) is 4.42 Å². The molecule has 0 aliphatic carbocycles. The van der Waals surface area contributed by atoms with Gasteiger partial charge in [-0.2, -0.15) is 0 Å². The van der Waals surface area contributed by atoms with Gasteiger partial charge in [-0.1, -0.05) is 12.1 Å². The topological polar surface area (TPSA) is 76.4 Å². The summed E-state index contributed by atoms with van der Waals surface area (Å²) >= 11 is 0. The smallest absolute Gasteiger partial charge is 0.291 e. The summed E-state index contributed by atoms with van der Waals surface area (Å²) in [4.78, 5) is 12.1. The lowest BCUT2D eigenvalue weighted by Gasteiger charge is -2.19. The lowest BCUT2D eigenvalue weighted by Crippen LogP contribution is -2.29. The van der Waals surface area contributed by atoms with Crippen LogP contribution in [0.2, 0.25) is 0 Å². The highest BCUT2D eigenvalue weighted by molar-refractivity contribution is 7.91. The quantitative estimate of drug-likeness (QED) is 0.927. The molecule has 1 heterocycles. The molecule has 0 fully saturated rings. The lowest BCUT2D eigenvalue weighted by molar-refractivity contribution is 0.0996. The zero-order valence-electron chi connectivity index (χ0n) is 13.7. The van der Waals surface area contributed by atoms with E-state index in [1.165, 1.54) is 6.26 Å². The third-order valence-corrected chi connectivity index (χ3v) is 6.12. The molecule has 2 rings (SSSR count). The second kappa shape index (κ2) is 6.20. The predicted octanol–water partition coefficient (Wildman–Crippen LogP) is 3.55. The lowest BCUT2D eigenvalue weighted by atomic mass is 10.2. The Hall–Kier alpha value is -2.08. The van der Waals surface area contributed by atoms with Gasteiger partial charge in [0.1, 0.15) is 0 Å². The fourth-order valence-corrected chi connectivity index (χ4v) is 3.02. The van der Waals surface area contributed by atoms with Crippen LogP contribution < -0.4 is 5.32 Å². The van der Waals surface area contributed by atoms with Crippen LogP contribution in [0.15, 0.2) is 41.0 Å². The number of nitrogens with one attached hydrogen (secondary N) is 1. The molecule has 2 aromatic rings. The fourth-order valence-electron chi connectivity index (χ4n) is 1.97. The van der Waals surface area contributed by atoms with Gasteiger partial charge >= 0.3 is 0 Å². The fraction of sp³-hybridized carbons (Fsp3) is 0.353. The SMILES string of the molecule is Cc1ccoc1C(=O)Nc1cccc(CS(=O)(=O)C(C)(C)C)c1. The van der Waals surface area contributed by atoms with E-state index in [0.29, 0.717) is 11.3 Å². The summed E-state index contributed by atoms with van der Waals surface area (Å²) in [6.07, 6.45) is 1.45. The summed E-state index contributed by atoms with van der Waals surface area (Å²) in [6, 6.07) is 8.54. The molecule has 0 aliphatic heterocycles. The maximum atomic E-state index is 12.3. The molecule has 1 aromatic heterocycles. The van der Waals surface area contributed by atoms with Gasteiger partial charge in [0.15, 0.2) is 15.6 Å². The maximum Gasteiger partial charge on any atom is 0.291 e. The highest BCUT2D eigenvalue weighted by Crippen LogP contribution is 2.22. The normalized spacial score (nSPS) is 12.2. The Morgan fingerprint density at radius 2 is 1.91 bits per heavy atom.